The summed E-state index contributed by atoms with van der Waals surface area (Å²) in [7, 11) is 0. The maximum absolute atomic E-state index is 15.2. The summed E-state index contributed by atoms with van der Waals surface area (Å²) in [6, 6.07) is 16.9. The molecule has 232 valence electrons. The average Bonchev–Trinajstić information content (AvgIpc) is 2.99. The summed E-state index contributed by atoms with van der Waals surface area (Å²) < 4.78 is 121. The highest BCUT2D eigenvalue weighted by molar-refractivity contribution is 5.74. The minimum absolute atomic E-state index is 0.132. The van der Waals surface area contributed by atoms with Gasteiger partial charge in [-0.3, -0.25) is 0 Å². The molecule has 0 aliphatic rings. The zero-order valence-corrected chi connectivity index (χ0v) is 23.9. The molecule has 0 aromatic heterocycles. The van der Waals surface area contributed by atoms with Crippen LogP contribution in [0.1, 0.15) is 37.3 Å². The summed E-state index contributed by atoms with van der Waals surface area (Å²) in [6.07, 6.45) is -0.609. The summed E-state index contributed by atoms with van der Waals surface area (Å²) in [6.45, 7) is 2.03. The lowest BCUT2D eigenvalue weighted by Crippen LogP contribution is -2.23. The smallest absolute Gasteiger partial charge is 0.429 e. The highest BCUT2D eigenvalue weighted by Gasteiger charge is 2.37. The fourth-order valence-corrected chi connectivity index (χ4v) is 5.03. The molecule has 0 unspecified atom stereocenters. The molecule has 0 aliphatic carbocycles. The van der Waals surface area contributed by atoms with E-state index in [2.05, 4.69) is 0 Å². The zero-order valence-electron chi connectivity index (χ0n) is 23.9. The van der Waals surface area contributed by atoms with Crippen molar-refractivity contribution < 1.29 is 39.9 Å². The van der Waals surface area contributed by atoms with Crippen molar-refractivity contribution >= 4 is 0 Å². The van der Waals surface area contributed by atoms with Crippen LogP contribution in [0.4, 0.5) is 35.1 Å². The van der Waals surface area contributed by atoms with Crippen LogP contribution in [0.2, 0.25) is 0 Å². The fraction of sp³-hybridized carbons (Fsp3) is 0.167. The molecule has 45 heavy (non-hydrogen) atoms. The Morgan fingerprint density at radius 2 is 1.16 bits per heavy atom. The molecule has 5 rings (SSSR count). The van der Waals surface area contributed by atoms with Crippen molar-refractivity contribution in [2.75, 3.05) is 0 Å². The molecule has 0 bridgehead atoms. The first kappa shape index (κ1) is 31.8. The second kappa shape index (κ2) is 13.1. The van der Waals surface area contributed by atoms with E-state index < -0.39 is 52.1 Å². The van der Waals surface area contributed by atoms with Crippen LogP contribution in [0.3, 0.4) is 0 Å². The average molecular weight is 627 g/mol. The first-order chi connectivity index (χ1) is 21.5. The Balaban J connectivity index is 1.32. The van der Waals surface area contributed by atoms with Crippen LogP contribution in [-0.4, -0.2) is 0 Å². The second-order valence-electron chi connectivity index (χ2n) is 10.6. The van der Waals surface area contributed by atoms with Crippen molar-refractivity contribution in [1.82, 2.24) is 0 Å². The number of rotatable bonds is 10. The minimum atomic E-state index is -3.95. The van der Waals surface area contributed by atoms with Gasteiger partial charge >= 0.3 is 6.11 Å². The van der Waals surface area contributed by atoms with E-state index in [-0.39, 0.29) is 22.4 Å². The first-order valence-electron chi connectivity index (χ1n) is 14.2. The largest absolute Gasteiger partial charge is 0.429 e. The molecule has 0 atom stereocenters. The molecule has 0 N–H and O–H groups in total. The number of benzene rings is 5. The number of halogens is 8. The molecule has 9 heteroatoms. The number of unbranched alkanes of at least 4 members (excludes halogenated alkanes) is 2. The van der Waals surface area contributed by atoms with Crippen LogP contribution in [0.15, 0.2) is 91.0 Å². The molecule has 0 amide bonds. The van der Waals surface area contributed by atoms with E-state index in [9.17, 15) is 30.7 Å². The van der Waals surface area contributed by atoms with E-state index >= 15 is 4.39 Å². The van der Waals surface area contributed by atoms with Crippen molar-refractivity contribution in [2.45, 2.75) is 38.7 Å². The molecule has 0 radical (unpaired) electrons. The van der Waals surface area contributed by atoms with E-state index in [1.54, 1.807) is 0 Å². The van der Waals surface area contributed by atoms with Crippen LogP contribution in [0.5, 0.6) is 5.75 Å². The van der Waals surface area contributed by atoms with E-state index in [0.29, 0.717) is 29.2 Å². The minimum Gasteiger partial charge on any atom is -0.429 e. The third-order valence-corrected chi connectivity index (χ3v) is 7.38. The van der Waals surface area contributed by atoms with Gasteiger partial charge in [0.1, 0.15) is 29.0 Å². The number of ether oxygens (including phenoxy) is 1. The standard InChI is InChI=1S/C36H26F8O/c1-2-3-4-5-21-6-14-28(31(39)16-21)36(43,44)45-26-11-7-22(8-12-26)23-9-13-27(30(38)17-23)25-19-33(41)35(34(42)20-25)24-10-15-29(37)32(40)18-24/h6-20H,2-5H2,1H3. The topological polar surface area (TPSA) is 9.23 Å². The van der Waals surface area contributed by atoms with E-state index in [4.69, 9.17) is 4.74 Å². The lowest BCUT2D eigenvalue weighted by Gasteiger charge is -2.19. The van der Waals surface area contributed by atoms with Gasteiger partial charge in [0.2, 0.25) is 0 Å². The van der Waals surface area contributed by atoms with Gasteiger partial charge in [0.25, 0.3) is 0 Å². The summed E-state index contributed by atoms with van der Waals surface area (Å²) in [5.41, 5.74) is -0.601. The van der Waals surface area contributed by atoms with Crippen molar-refractivity contribution in [2.24, 2.45) is 0 Å². The predicted octanol–water partition coefficient (Wildman–Crippen LogP) is 11.4. The second-order valence-corrected chi connectivity index (χ2v) is 10.6. The molecule has 0 saturated heterocycles. The molecule has 0 saturated carbocycles. The van der Waals surface area contributed by atoms with Crippen LogP contribution in [0.25, 0.3) is 33.4 Å². The Morgan fingerprint density at radius 1 is 0.533 bits per heavy atom. The molecule has 0 spiro atoms. The molecule has 0 fully saturated rings. The Bertz CT molecular complexity index is 1810. The van der Waals surface area contributed by atoms with E-state index in [1.165, 1.54) is 42.5 Å². The number of hydrogen-bond donors (Lipinski definition) is 0. The Labute approximate surface area is 254 Å². The maximum Gasteiger partial charge on any atom is 0.429 e. The van der Waals surface area contributed by atoms with Gasteiger partial charge in [-0.2, -0.15) is 8.78 Å². The van der Waals surface area contributed by atoms with Gasteiger partial charge in [-0.25, -0.2) is 26.3 Å². The fourth-order valence-electron chi connectivity index (χ4n) is 5.03. The number of aryl methyl sites for hydroxylation is 1. The zero-order chi connectivity index (χ0) is 32.3. The lowest BCUT2D eigenvalue weighted by atomic mass is 9.96. The summed E-state index contributed by atoms with van der Waals surface area (Å²) in [4.78, 5) is 0. The van der Waals surface area contributed by atoms with Crippen molar-refractivity contribution in [1.29, 1.82) is 0 Å². The van der Waals surface area contributed by atoms with Crippen molar-refractivity contribution in [3.63, 3.8) is 0 Å². The monoisotopic (exact) mass is 626 g/mol. The van der Waals surface area contributed by atoms with Crippen molar-refractivity contribution in [3.8, 4) is 39.1 Å². The van der Waals surface area contributed by atoms with Crippen LogP contribution < -0.4 is 4.74 Å². The summed E-state index contributed by atoms with van der Waals surface area (Å²) >= 11 is 0. The van der Waals surface area contributed by atoms with Gasteiger partial charge in [0, 0.05) is 5.56 Å². The SMILES string of the molecule is CCCCCc1ccc(C(F)(F)Oc2ccc(-c3ccc(-c4cc(F)c(-c5ccc(F)c(F)c5)c(F)c4)c(F)c3)cc2)c(F)c1. The highest BCUT2D eigenvalue weighted by atomic mass is 19.3. The molecule has 5 aromatic rings. The normalized spacial score (nSPS) is 11.6. The van der Waals surface area contributed by atoms with Gasteiger partial charge in [0.15, 0.2) is 11.6 Å². The van der Waals surface area contributed by atoms with Crippen molar-refractivity contribution in [3.05, 3.63) is 137 Å². The maximum atomic E-state index is 15.2. The molecule has 5 aromatic carbocycles. The summed E-state index contributed by atoms with van der Waals surface area (Å²) in [5.74, 6) is -6.80. The van der Waals surface area contributed by atoms with Gasteiger partial charge in [0.05, 0.1) is 11.1 Å². The number of alkyl halides is 2. The molecular weight excluding hydrogens is 600 g/mol. The first-order valence-corrected chi connectivity index (χ1v) is 14.2. The lowest BCUT2D eigenvalue weighted by molar-refractivity contribution is -0.187. The van der Waals surface area contributed by atoms with Crippen LogP contribution in [0, 0.1) is 34.9 Å². The van der Waals surface area contributed by atoms with Gasteiger partial charge in [-0.15, -0.1) is 0 Å². The Morgan fingerprint density at radius 3 is 1.78 bits per heavy atom. The van der Waals surface area contributed by atoms with Gasteiger partial charge < -0.3 is 4.74 Å². The van der Waals surface area contributed by atoms with Crippen LogP contribution >= 0.6 is 0 Å². The summed E-state index contributed by atoms with van der Waals surface area (Å²) in [5, 5.41) is 0. The third kappa shape index (κ3) is 7.03. The molecule has 0 aliphatic heterocycles. The molecule has 0 heterocycles. The molecular formula is C36H26F8O. The Kier molecular flexibility index (Phi) is 9.27. The number of hydrogen-bond acceptors (Lipinski definition) is 1. The van der Waals surface area contributed by atoms with Gasteiger partial charge in [-0.05, 0) is 95.3 Å². The predicted molar refractivity (Wildman–Crippen MR) is 157 cm³/mol. The third-order valence-electron chi connectivity index (χ3n) is 7.38. The van der Waals surface area contributed by atoms with Crippen LogP contribution in [-0.2, 0) is 12.5 Å². The van der Waals surface area contributed by atoms with E-state index in [1.807, 2.05) is 6.92 Å². The van der Waals surface area contributed by atoms with E-state index in [0.717, 1.165) is 61.7 Å². The highest BCUT2D eigenvalue weighted by Crippen LogP contribution is 2.36. The quantitative estimate of drug-likeness (QED) is 0.111. The molecule has 1 nitrogen and oxygen atoms in total. The van der Waals surface area contributed by atoms with Gasteiger partial charge in [-0.1, -0.05) is 56.2 Å². The Hall–Kier alpha value is -4.66.